The summed E-state index contributed by atoms with van der Waals surface area (Å²) in [5, 5.41) is 22.0. The lowest BCUT2D eigenvalue weighted by Gasteiger charge is -2.08. The van der Waals surface area contributed by atoms with E-state index in [4.69, 9.17) is 21.7 Å². The topological polar surface area (TPSA) is 138 Å². The number of rotatable bonds is 5. The van der Waals surface area contributed by atoms with Crippen LogP contribution in [0, 0.1) is 0 Å². The van der Waals surface area contributed by atoms with Crippen LogP contribution in [0.2, 0.25) is 5.15 Å². The average Bonchev–Trinajstić information content (AvgIpc) is 3.57. The molecule has 0 radical (unpaired) electrons. The van der Waals surface area contributed by atoms with Gasteiger partial charge in [0.2, 0.25) is 11.9 Å². The summed E-state index contributed by atoms with van der Waals surface area (Å²) in [6.07, 6.45) is 4.04. The summed E-state index contributed by atoms with van der Waals surface area (Å²) in [5.74, 6) is 0.311. The van der Waals surface area contributed by atoms with Gasteiger partial charge in [-0.15, -0.1) is 0 Å². The number of nitrogens with zero attached hydrogens (tertiary/aromatic N) is 7. The van der Waals surface area contributed by atoms with Crippen molar-refractivity contribution in [1.29, 1.82) is 0 Å². The molecule has 1 aliphatic heterocycles. The van der Waals surface area contributed by atoms with E-state index in [9.17, 15) is 4.79 Å². The van der Waals surface area contributed by atoms with Crippen molar-refractivity contribution < 1.29 is 9.90 Å². The number of aromatic amines is 1. The maximum atomic E-state index is 12.3. The van der Waals surface area contributed by atoms with Gasteiger partial charge < -0.3 is 15.3 Å². The van der Waals surface area contributed by atoms with E-state index in [0.29, 0.717) is 39.6 Å². The van der Waals surface area contributed by atoms with Crippen molar-refractivity contribution >= 4 is 29.1 Å². The normalized spacial score (nSPS) is 15.3. The lowest BCUT2D eigenvalue weighted by atomic mass is 10.0. The van der Waals surface area contributed by atoms with E-state index in [0.717, 1.165) is 25.8 Å². The van der Waals surface area contributed by atoms with Gasteiger partial charge in [-0.3, -0.25) is 14.6 Å². The summed E-state index contributed by atoms with van der Waals surface area (Å²) in [5.41, 5.74) is 4.11. The van der Waals surface area contributed by atoms with E-state index in [1.54, 1.807) is 35.1 Å². The first-order valence-electron chi connectivity index (χ1n) is 10.5. The molecule has 4 aromatic heterocycles. The number of aliphatic hydroxyl groups is 1. The second-order valence-corrected chi connectivity index (χ2v) is 7.94. The minimum absolute atomic E-state index is 0.108. The lowest BCUT2D eigenvalue weighted by Crippen LogP contribution is -2.21. The molecule has 0 saturated carbocycles. The Morgan fingerprint density at radius 3 is 2.53 bits per heavy atom. The first kappa shape index (κ1) is 23.3. The number of aliphatic hydroxyl groups excluding tert-OH is 1. The van der Waals surface area contributed by atoms with Gasteiger partial charge in [-0.25, -0.2) is 15.0 Å². The third-order valence-corrected chi connectivity index (χ3v) is 5.89. The average molecular weight is 482 g/mol. The van der Waals surface area contributed by atoms with Crippen LogP contribution in [0.15, 0.2) is 42.7 Å². The molecule has 1 unspecified atom stereocenters. The number of aryl methyl sites for hydroxylation is 1. The zero-order valence-electron chi connectivity index (χ0n) is 18.9. The van der Waals surface area contributed by atoms with E-state index >= 15 is 0 Å². The Morgan fingerprint density at radius 2 is 1.85 bits per heavy atom. The molecule has 0 aromatic carbocycles. The smallest absolute Gasteiger partial charge is 0.231 e. The van der Waals surface area contributed by atoms with Crippen LogP contribution in [0.5, 0.6) is 0 Å². The number of amides is 1. The molecule has 4 aromatic rings. The van der Waals surface area contributed by atoms with Crippen LogP contribution >= 0.6 is 11.6 Å². The van der Waals surface area contributed by atoms with Gasteiger partial charge in [0.25, 0.3) is 0 Å². The van der Waals surface area contributed by atoms with E-state index in [2.05, 4.69) is 30.6 Å². The van der Waals surface area contributed by atoms with Crippen LogP contribution in [-0.2, 0) is 11.8 Å². The molecule has 12 heteroatoms. The molecule has 5 heterocycles. The Bertz CT molecular complexity index is 1300. The fourth-order valence-electron chi connectivity index (χ4n) is 3.67. The van der Waals surface area contributed by atoms with Crippen molar-refractivity contribution in [2.24, 2.45) is 7.05 Å². The SMILES string of the molecule is CN1CCC(c2cc(-c3cccc(-c4ccnc(Nc5cnn(C)c5Cl)n4)n3)n[nH]2)C1=O.CO. The Kier molecular flexibility index (Phi) is 6.85. The number of halogens is 1. The molecular weight excluding hydrogens is 458 g/mol. The fourth-order valence-corrected chi connectivity index (χ4v) is 3.81. The van der Waals surface area contributed by atoms with Crippen LogP contribution in [0.25, 0.3) is 22.8 Å². The predicted molar refractivity (Wildman–Crippen MR) is 127 cm³/mol. The van der Waals surface area contributed by atoms with Gasteiger partial charge >= 0.3 is 0 Å². The zero-order chi connectivity index (χ0) is 24.2. The first-order valence-corrected chi connectivity index (χ1v) is 10.9. The van der Waals surface area contributed by atoms with Crippen molar-refractivity contribution in [1.82, 2.24) is 39.8 Å². The van der Waals surface area contributed by atoms with Crippen LogP contribution in [-0.4, -0.2) is 71.5 Å². The molecule has 176 valence electrons. The minimum Gasteiger partial charge on any atom is -0.400 e. The number of carbonyl (C=O) groups is 1. The molecule has 0 aliphatic carbocycles. The van der Waals surface area contributed by atoms with Gasteiger partial charge in [0.1, 0.15) is 10.8 Å². The number of likely N-dealkylation sites (tertiary alicyclic amines) is 1. The lowest BCUT2D eigenvalue weighted by molar-refractivity contribution is -0.127. The predicted octanol–water partition coefficient (Wildman–Crippen LogP) is 2.61. The Hall–Kier alpha value is -3.83. The molecule has 1 aliphatic rings. The molecule has 1 atom stereocenters. The highest BCUT2D eigenvalue weighted by Crippen LogP contribution is 2.29. The van der Waals surface area contributed by atoms with E-state index in [1.165, 1.54) is 0 Å². The van der Waals surface area contributed by atoms with Crippen molar-refractivity contribution in [2.45, 2.75) is 12.3 Å². The Labute approximate surface area is 200 Å². The number of hydrogen-bond acceptors (Lipinski definition) is 8. The second-order valence-electron chi connectivity index (χ2n) is 7.58. The molecule has 3 N–H and O–H groups in total. The van der Waals surface area contributed by atoms with E-state index in [1.807, 2.05) is 31.3 Å². The molecule has 5 rings (SSSR count). The van der Waals surface area contributed by atoms with Gasteiger partial charge in [0.05, 0.1) is 34.9 Å². The molecule has 0 spiro atoms. The third-order valence-electron chi connectivity index (χ3n) is 5.44. The van der Waals surface area contributed by atoms with Crippen molar-refractivity contribution in [3.8, 4) is 22.8 Å². The van der Waals surface area contributed by atoms with Gasteiger partial charge in [-0.1, -0.05) is 17.7 Å². The summed E-state index contributed by atoms with van der Waals surface area (Å²) in [4.78, 5) is 27.6. The van der Waals surface area contributed by atoms with Crippen LogP contribution in [0.4, 0.5) is 11.6 Å². The number of aromatic nitrogens is 7. The number of anilines is 2. The van der Waals surface area contributed by atoms with Crippen LogP contribution in [0.3, 0.4) is 0 Å². The first-order chi connectivity index (χ1) is 16.5. The van der Waals surface area contributed by atoms with Crippen molar-refractivity contribution in [3.05, 3.63) is 53.6 Å². The fraction of sp³-hybridized carbons (Fsp3) is 0.273. The van der Waals surface area contributed by atoms with Gasteiger partial charge in [0.15, 0.2) is 0 Å². The zero-order valence-corrected chi connectivity index (χ0v) is 19.7. The maximum absolute atomic E-state index is 12.3. The highest BCUT2D eigenvalue weighted by molar-refractivity contribution is 6.32. The number of pyridine rings is 1. The number of carbonyl (C=O) groups excluding carboxylic acids is 1. The number of hydrogen-bond donors (Lipinski definition) is 3. The second kappa shape index (κ2) is 9.98. The molecule has 1 fully saturated rings. The summed E-state index contributed by atoms with van der Waals surface area (Å²) in [7, 11) is 4.57. The van der Waals surface area contributed by atoms with Crippen molar-refractivity contribution in [3.63, 3.8) is 0 Å². The van der Waals surface area contributed by atoms with Crippen LogP contribution in [0.1, 0.15) is 18.0 Å². The maximum Gasteiger partial charge on any atom is 0.231 e. The minimum atomic E-state index is -0.181. The Morgan fingerprint density at radius 1 is 1.12 bits per heavy atom. The number of likely N-dealkylation sites (N-methyl/N-ethyl adjacent to an activating group) is 1. The summed E-state index contributed by atoms with van der Waals surface area (Å²) in [6, 6.07) is 9.32. The molecule has 0 bridgehead atoms. The molecule has 11 nitrogen and oxygen atoms in total. The Balaban J connectivity index is 0.00000133. The van der Waals surface area contributed by atoms with Gasteiger partial charge in [-0.05, 0) is 30.7 Å². The van der Waals surface area contributed by atoms with Crippen molar-refractivity contribution in [2.75, 3.05) is 26.0 Å². The molecule has 34 heavy (non-hydrogen) atoms. The monoisotopic (exact) mass is 481 g/mol. The van der Waals surface area contributed by atoms with E-state index < -0.39 is 0 Å². The quantitative estimate of drug-likeness (QED) is 0.395. The summed E-state index contributed by atoms with van der Waals surface area (Å²) < 4.78 is 1.55. The van der Waals surface area contributed by atoms with E-state index in [-0.39, 0.29) is 11.8 Å². The highest BCUT2D eigenvalue weighted by atomic mass is 35.5. The standard InChI is InChI=1S/C21H20ClN9O.CH4O/c1-30-9-7-12(20(30)32)16-10-17(29-28-16)14-5-3-4-13(25-14)15-6-8-23-21(26-15)27-18-11-24-31(2)19(18)22;1-2/h3-6,8,10-12H,7,9H2,1-2H3,(H,28,29)(H,23,26,27);2H,1H3. The third kappa shape index (κ3) is 4.61. The largest absolute Gasteiger partial charge is 0.400 e. The highest BCUT2D eigenvalue weighted by Gasteiger charge is 2.31. The molecular formula is C22H24ClN9O2. The summed E-state index contributed by atoms with van der Waals surface area (Å²) >= 11 is 6.21. The number of H-pyrrole nitrogens is 1. The van der Waals surface area contributed by atoms with Gasteiger partial charge in [0, 0.05) is 39.6 Å². The van der Waals surface area contributed by atoms with Gasteiger partial charge in [-0.2, -0.15) is 10.2 Å². The molecule has 1 amide bonds. The van der Waals surface area contributed by atoms with Crippen LogP contribution < -0.4 is 5.32 Å². The summed E-state index contributed by atoms with van der Waals surface area (Å²) in [6.45, 7) is 0.750. The number of nitrogens with one attached hydrogen (secondary N) is 2. The molecule has 1 saturated heterocycles.